The van der Waals surface area contributed by atoms with Crippen LogP contribution in [0.5, 0.6) is 5.75 Å². The smallest absolute Gasteiger partial charge is 0.148 e. The van der Waals surface area contributed by atoms with Gasteiger partial charge in [0, 0.05) is 35.7 Å². The van der Waals surface area contributed by atoms with Crippen LogP contribution in [0.25, 0.3) is 0 Å². The minimum Gasteiger partial charge on any atom is -0.489 e. The number of aromatic amines is 1. The van der Waals surface area contributed by atoms with Crippen molar-refractivity contribution < 1.29 is 17.9 Å². The predicted molar refractivity (Wildman–Crippen MR) is 112 cm³/mol. The first-order chi connectivity index (χ1) is 13.7. The van der Waals surface area contributed by atoms with Gasteiger partial charge in [-0.3, -0.25) is 0 Å². The van der Waals surface area contributed by atoms with E-state index in [9.17, 15) is 8.42 Å². The van der Waals surface area contributed by atoms with Gasteiger partial charge in [0.15, 0.2) is 0 Å². The Kier molecular flexibility index (Phi) is 6.04. The molecule has 1 saturated heterocycles. The number of H-pyrrole nitrogens is 1. The molecule has 1 fully saturated rings. The standard InChI is InChI=1S/C19H23N3O4S2/c23-28(24)12-14-5-8-27(11-14)18-2-1-15(22-19-10-20-13-21-19)9-17(18)26-16-3-6-25-7-4-16/h1-2,5,8-11,13,16,22,27-28H,3-4,6-7,12H2,(H,20,21). The number of hydrogen-bond acceptors (Lipinski definition) is 6. The van der Waals surface area contributed by atoms with E-state index in [1.54, 1.807) is 12.5 Å². The lowest BCUT2D eigenvalue weighted by molar-refractivity contribution is 0.0245. The molecule has 7 nitrogen and oxygen atoms in total. The molecule has 28 heavy (non-hydrogen) atoms. The van der Waals surface area contributed by atoms with Gasteiger partial charge in [-0.05, 0) is 28.5 Å². The number of nitrogens with zero attached hydrogens (tertiary/aromatic N) is 1. The number of rotatable bonds is 7. The third-order valence-corrected chi connectivity index (χ3v) is 7.17. The number of anilines is 2. The average molecular weight is 422 g/mol. The summed E-state index contributed by atoms with van der Waals surface area (Å²) in [6.07, 6.45) is 7.16. The molecule has 1 atom stereocenters. The predicted octanol–water partition coefficient (Wildman–Crippen LogP) is 3.09. The molecule has 0 amide bonds. The molecule has 9 heteroatoms. The Hall–Kier alpha value is -2.23. The van der Waals surface area contributed by atoms with Gasteiger partial charge in [0.25, 0.3) is 0 Å². The topological polar surface area (TPSA) is 93.3 Å². The first-order valence-electron chi connectivity index (χ1n) is 9.11. The highest BCUT2D eigenvalue weighted by molar-refractivity contribution is 8.22. The number of ether oxygens (including phenoxy) is 2. The molecule has 0 aliphatic carbocycles. The minimum absolute atomic E-state index is 0.0830. The minimum atomic E-state index is -2.42. The maximum Gasteiger partial charge on any atom is 0.148 e. The van der Waals surface area contributed by atoms with E-state index in [1.165, 1.54) is 0 Å². The molecule has 2 aliphatic rings. The summed E-state index contributed by atoms with van der Waals surface area (Å²) in [6, 6.07) is 6.04. The second kappa shape index (κ2) is 8.85. The molecule has 1 unspecified atom stereocenters. The molecule has 2 aromatic rings. The monoisotopic (exact) mass is 421 g/mol. The summed E-state index contributed by atoms with van der Waals surface area (Å²) < 4.78 is 33.9. The number of thiol groups is 2. The maximum atomic E-state index is 11.0. The van der Waals surface area contributed by atoms with Gasteiger partial charge in [-0.15, -0.1) is 0 Å². The average Bonchev–Trinajstić information content (AvgIpc) is 3.35. The molecule has 2 N–H and O–H groups in total. The third kappa shape index (κ3) is 4.78. The highest BCUT2D eigenvalue weighted by Crippen LogP contribution is 2.49. The van der Waals surface area contributed by atoms with Crippen LogP contribution in [0.3, 0.4) is 0 Å². The van der Waals surface area contributed by atoms with Crippen molar-refractivity contribution in [3.63, 3.8) is 0 Å². The molecule has 4 rings (SSSR count). The van der Waals surface area contributed by atoms with E-state index in [-0.39, 0.29) is 11.9 Å². The normalized spacial score (nSPS) is 21.0. The Balaban J connectivity index is 1.60. The lowest BCUT2D eigenvalue weighted by atomic mass is 10.1. The second-order valence-corrected chi connectivity index (χ2v) is 9.44. The van der Waals surface area contributed by atoms with Gasteiger partial charge in [-0.1, -0.05) is 6.08 Å². The zero-order valence-corrected chi connectivity index (χ0v) is 17.0. The lowest BCUT2D eigenvalue weighted by Gasteiger charge is -2.26. The van der Waals surface area contributed by atoms with E-state index >= 15 is 0 Å². The number of hydrogen-bond donors (Lipinski definition) is 4. The van der Waals surface area contributed by atoms with E-state index in [1.807, 2.05) is 23.6 Å². The summed E-state index contributed by atoms with van der Waals surface area (Å²) in [5.74, 6) is 1.64. The van der Waals surface area contributed by atoms with Crippen LogP contribution in [-0.4, -0.2) is 43.5 Å². The molecule has 2 aliphatic heterocycles. The van der Waals surface area contributed by atoms with Crippen molar-refractivity contribution in [3.05, 3.63) is 53.2 Å². The molecule has 0 saturated carbocycles. The maximum absolute atomic E-state index is 11.0. The van der Waals surface area contributed by atoms with Gasteiger partial charge in [-0.2, -0.15) is 10.9 Å². The van der Waals surface area contributed by atoms with E-state index in [2.05, 4.69) is 26.8 Å². The molecule has 0 spiro atoms. The number of imidazole rings is 1. The second-order valence-electron chi connectivity index (χ2n) is 6.61. The molecule has 150 valence electrons. The van der Waals surface area contributed by atoms with Crippen LogP contribution in [0.1, 0.15) is 12.8 Å². The van der Waals surface area contributed by atoms with Gasteiger partial charge in [0.1, 0.15) is 28.4 Å². The van der Waals surface area contributed by atoms with Crippen LogP contribution in [0, 0.1) is 0 Å². The highest BCUT2D eigenvalue weighted by atomic mass is 32.2. The Morgan fingerprint density at radius 2 is 2.18 bits per heavy atom. The van der Waals surface area contributed by atoms with Crippen LogP contribution in [-0.2, 0) is 15.4 Å². The number of aromatic nitrogens is 2. The first-order valence-corrected chi connectivity index (χ1v) is 11.9. The number of allylic oxidation sites excluding steroid dienone is 1. The van der Waals surface area contributed by atoms with E-state index < -0.39 is 21.6 Å². The summed E-state index contributed by atoms with van der Waals surface area (Å²) >= 11 is 0. The fourth-order valence-corrected chi connectivity index (χ4v) is 5.71. The van der Waals surface area contributed by atoms with E-state index in [4.69, 9.17) is 9.47 Å². The zero-order chi connectivity index (χ0) is 19.3. The third-order valence-electron chi connectivity index (χ3n) is 4.54. The van der Waals surface area contributed by atoms with Gasteiger partial charge in [0.05, 0.1) is 25.3 Å². The summed E-state index contributed by atoms with van der Waals surface area (Å²) in [5.41, 5.74) is 1.74. The summed E-state index contributed by atoms with van der Waals surface area (Å²) in [4.78, 5) is 8.21. The van der Waals surface area contributed by atoms with Gasteiger partial charge >= 0.3 is 0 Å². The van der Waals surface area contributed by atoms with Gasteiger partial charge < -0.3 is 19.8 Å². The molecular weight excluding hydrogens is 398 g/mol. The van der Waals surface area contributed by atoms with Crippen molar-refractivity contribution in [1.82, 2.24) is 9.97 Å². The summed E-state index contributed by atoms with van der Waals surface area (Å²) in [7, 11) is -3.16. The van der Waals surface area contributed by atoms with Crippen molar-refractivity contribution in [3.8, 4) is 5.75 Å². The Labute approximate surface area is 168 Å². The number of nitrogens with one attached hydrogen (secondary N) is 2. The Bertz CT molecular complexity index is 940. The summed E-state index contributed by atoms with van der Waals surface area (Å²) in [5, 5.41) is 7.39. The molecule has 1 aromatic heterocycles. The van der Waals surface area contributed by atoms with E-state index in [0.717, 1.165) is 40.6 Å². The van der Waals surface area contributed by atoms with Crippen LogP contribution in [0.15, 0.2) is 58.1 Å². The van der Waals surface area contributed by atoms with Crippen molar-refractivity contribution in [2.24, 2.45) is 0 Å². The van der Waals surface area contributed by atoms with E-state index in [0.29, 0.717) is 13.2 Å². The summed E-state index contributed by atoms with van der Waals surface area (Å²) in [6.45, 7) is 1.42. The molecule has 0 radical (unpaired) electrons. The fourth-order valence-electron chi connectivity index (χ4n) is 3.18. The van der Waals surface area contributed by atoms with Gasteiger partial charge in [-0.25, -0.2) is 13.4 Å². The number of benzene rings is 1. The van der Waals surface area contributed by atoms with Crippen molar-refractivity contribution >= 4 is 33.1 Å². The van der Waals surface area contributed by atoms with Gasteiger partial charge in [0.2, 0.25) is 0 Å². The van der Waals surface area contributed by atoms with Crippen LogP contribution in [0.2, 0.25) is 0 Å². The van der Waals surface area contributed by atoms with Crippen molar-refractivity contribution in [2.45, 2.75) is 23.8 Å². The molecular formula is C19H23N3O4S2. The fraction of sp³-hybridized carbons (Fsp3) is 0.316. The molecule has 0 bridgehead atoms. The highest BCUT2D eigenvalue weighted by Gasteiger charge is 2.20. The lowest BCUT2D eigenvalue weighted by Crippen LogP contribution is -2.26. The SMILES string of the molecule is O=[SH](=O)CC1=C[SH](c2ccc(Nc3c[nH]cn3)cc2OC2CCOCC2)C=C1. The van der Waals surface area contributed by atoms with Crippen molar-refractivity contribution in [1.29, 1.82) is 0 Å². The quantitative estimate of drug-likeness (QED) is 0.514. The first kappa shape index (κ1) is 19.1. The zero-order valence-electron chi connectivity index (χ0n) is 15.2. The van der Waals surface area contributed by atoms with Crippen molar-refractivity contribution in [2.75, 3.05) is 24.3 Å². The molecule has 3 heterocycles. The molecule has 1 aromatic carbocycles. The van der Waals surface area contributed by atoms with Crippen LogP contribution >= 0.6 is 10.9 Å². The van der Waals surface area contributed by atoms with Crippen LogP contribution in [0.4, 0.5) is 11.5 Å². The largest absolute Gasteiger partial charge is 0.489 e. The Morgan fingerprint density at radius 3 is 2.93 bits per heavy atom. The Morgan fingerprint density at radius 1 is 1.32 bits per heavy atom. The van der Waals surface area contributed by atoms with Crippen LogP contribution < -0.4 is 10.1 Å².